The van der Waals surface area contributed by atoms with Crippen molar-refractivity contribution >= 4 is 0 Å². The fraction of sp³-hybridized carbons (Fsp3) is 0.727. The summed E-state index contributed by atoms with van der Waals surface area (Å²) >= 11 is 0. The molecule has 146 valence electrons. The first-order valence-electron chi connectivity index (χ1n) is 10.6. The molecule has 0 amide bonds. The number of ether oxygens (including phenoxy) is 1. The SMILES string of the molecule is CCOc1ccccc1CN1CCN(C2CCCCCC2)C[C@@H]1CCO. The molecular weight excluding hydrogens is 324 g/mol. The third kappa shape index (κ3) is 5.21. The third-order valence-corrected chi connectivity index (χ3v) is 6.09. The first-order valence-corrected chi connectivity index (χ1v) is 10.6. The molecule has 1 aromatic rings. The van der Waals surface area contributed by atoms with Gasteiger partial charge in [-0.2, -0.15) is 0 Å². The number of nitrogens with zero attached hydrogens (tertiary/aromatic N) is 2. The minimum Gasteiger partial charge on any atom is -0.494 e. The van der Waals surface area contributed by atoms with Crippen molar-refractivity contribution in [1.82, 2.24) is 9.80 Å². The van der Waals surface area contributed by atoms with E-state index in [1.165, 1.54) is 44.1 Å². The Kier molecular flexibility index (Phi) is 7.78. The van der Waals surface area contributed by atoms with Crippen LogP contribution in [0.15, 0.2) is 24.3 Å². The van der Waals surface area contributed by atoms with Crippen LogP contribution in [-0.4, -0.2) is 59.8 Å². The van der Waals surface area contributed by atoms with Crippen LogP contribution < -0.4 is 4.74 Å². The topological polar surface area (TPSA) is 35.9 Å². The number of hydrogen-bond acceptors (Lipinski definition) is 4. The predicted octanol–water partition coefficient (Wildman–Crippen LogP) is 3.68. The van der Waals surface area contributed by atoms with Crippen LogP contribution in [0.4, 0.5) is 0 Å². The summed E-state index contributed by atoms with van der Waals surface area (Å²) in [7, 11) is 0. The molecule has 1 aliphatic carbocycles. The zero-order valence-electron chi connectivity index (χ0n) is 16.4. The van der Waals surface area contributed by atoms with E-state index in [9.17, 15) is 5.11 Å². The molecule has 4 heteroatoms. The van der Waals surface area contributed by atoms with Gasteiger partial charge < -0.3 is 9.84 Å². The standard InChI is InChI=1S/C22H36N2O2/c1-2-26-22-12-8-7-9-19(22)17-23-14-15-24(18-21(23)13-16-25)20-10-5-3-4-6-11-20/h7-9,12,20-21,25H,2-6,10-11,13-18H2,1H3/t21-/m0/s1. The summed E-state index contributed by atoms with van der Waals surface area (Å²) in [4.78, 5) is 5.28. The van der Waals surface area contributed by atoms with Crippen LogP contribution in [0.5, 0.6) is 5.75 Å². The van der Waals surface area contributed by atoms with Crippen molar-refractivity contribution in [2.75, 3.05) is 32.8 Å². The quantitative estimate of drug-likeness (QED) is 0.753. The van der Waals surface area contributed by atoms with Gasteiger partial charge in [-0.25, -0.2) is 0 Å². The normalized spacial score (nSPS) is 23.7. The Balaban J connectivity index is 1.65. The summed E-state index contributed by atoms with van der Waals surface area (Å²) in [5, 5.41) is 9.61. The second-order valence-corrected chi connectivity index (χ2v) is 7.82. The maximum atomic E-state index is 9.61. The van der Waals surface area contributed by atoms with Crippen molar-refractivity contribution < 1.29 is 9.84 Å². The molecule has 1 aromatic carbocycles. The van der Waals surface area contributed by atoms with E-state index in [1.807, 2.05) is 13.0 Å². The van der Waals surface area contributed by atoms with Gasteiger partial charge in [-0.15, -0.1) is 0 Å². The number of para-hydroxylation sites is 1. The van der Waals surface area contributed by atoms with Crippen LogP contribution in [0.3, 0.4) is 0 Å². The molecule has 2 aliphatic rings. The summed E-state index contributed by atoms with van der Waals surface area (Å²) in [6.07, 6.45) is 9.17. The fourth-order valence-electron chi connectivity index (χ4n) is 4.65. The van der Waals surface area contributed by atoms with Gasteiger partial charge in [0, 0.05) is 50.4 Å². The van der Waals surface area contributed by atoms with Gasteiger partial charge in [-0.1, -0.05) is 43.9 Å². The molecule has 26 heavy (non-hydrogen) atoms. The Morgan fingerprint density at radius 1 is 1.08 bits per heavy atom. The Bertz CT molecular complexity index is 529. The number of hydrogen-bond donors (Lipinski definition) is 1. The smallest absolute Gasteiger partial charge is 0.123 e. The minimum absolute atomic E-state index is 0.271. The summed E-state index contributed by atoms with van der Waals surface area (Å²) < 4.78 is 5.82. The zero-order valence-corrected chi connectivity index (χ0v) is 16.4. The van der Waals surface area contributed by atoms with E-state index in [0.717, 1.165) is 44.4 Å². The number of piperazine rings is 1. The molecule has 3 rings (SSSR count). The Morgan fingerprint density at radius 3 is 2.58 bits per heavy atom. The van der Waals surface area contributed by atoms with Gasteiger partial charge in [0.25, 0.3) is 0 Å². The first-order chi connectivity index (χ1) is 12.8. The molecule has 0 unspecified atom stereocenters. The molecule has 0 bridgehead atoms. The highest BCUT2D eigenvalue weighted by molar-refractivity contribution is 5.33. The highest BCUT2D eigenvalue weighted by Gasteiger charge is 2.31. The molecule has 0 radical (unpaired) electrons. The lowest BCUT2D eigenvalue weighted by Gasteiger charge is -2.44. The fourth-order valence-corrected chi connectivity index (χ4v) is 4.65. The van der Waals surface area contributed by atoms with Crippen molar-refractivity contribution in [3.63, 3.8) is 0 Å². The maximum absolute atomic E-state index is 9.61. The van der Waals surface area contributed by atoms with Gasteiger partial charge in [0.15, 0.2) is 0 Å². The lowest BCUT2D eigenvalue weighted by atomic mass is 10.0. The van der Waals surface area contributed by atoms with Crippen LogP contribution >= 0.6 is 0 Å². The van der Waals surface area contributed by atoms with Crippen molar-refractivity contribution in [2.24, 2.45) is 0 Å². The summed E-state index contributed by atoms with van der Waals surface area (Å²) in [5.41, 5.74) is 1.26. The minimum atomic E-state index is 0.271. The molecule has 0 spiro atoms. The lowest BCUT2D eigenvalue weighted by Crippen LogP contribution is -2.55. The van der Waals surface area contributed by atoms with Crippen LogP contribution in [0, 0.1) is 0 Å². The van der Waals surface area contributed by atoms with E-state index in [4.69, 9.17) is 4.74 Å². The average molecular weight is 361 g/mol. The van der Waals surface area contributed by atoms with Gasteiger partial charge in [0.05, 0.1) is 6.61 Å². The summed E-state index contributed by atoms with van der Waals surface area (Å²) in [5.74, 6) is 1.00. The Hall–Kier alpha value is -1.10. The molecule has 1 aliphatic heterocycles. The molecule has 1 N–H and O–H groups in total. The largest absolute Gasteiger partial charge is 0.494 e. The summed E-state index contributed by atoms with van der Waals surface area (Å²) in [6, 6.07) is 9.59. The Morgan fingerprint density at radius 2 is 1.85 bits per heavy atom. The van der Waals surface area contributed by atoms with E-state index in [0.29, 0.717) is 12.6 Å². The van der Waals surface area contributed by atoms with Crippen molar-refractivity contribution in [3.05, 3.63) is 29.8 Å². The number of rotatable bonds is 7. The van der Waals surface area contributed by atoms with Gasteiger partial charge in [0.1, 0.15) is 5.75 Å². The van der Waals surface area contributed by atoms with E-state index in [2.05, 4.69) is 28.0 Å². The van der Waals surface area contributed by atoms with Gasteiger partial charge in [-0.05, 0) is 32.3 Å². The van der Waals surface area contributed by atoms with Crippen molar-refractivity contribution in [2.45, 2.75) is 70.5 Å². The molecular formula is C22H36N2O2. The third-order valence-electron chi connectivity index (χ3n) is 6.09. The number of aliphatic hydroxyl groups is 1. The van der Waals surface area contributed by atoms with E-state index in [1.54, 1.807) is 0 Å². The molecule has 0 aromatic heterocycles. The zero-order chi connectivity index (χ0) is 18.2. The van der Waals surface area contributed by atoms with E-state index in [-0.39, 0.29) is 6.61 Å². The molecule has 1 atom stereocenters. The van der Waals surface area contributed by atoms with Crippen LogP contribution in [0.1, 0.15) is 57.4 Å². The van der Waals surface area contributed by atoms with E-state index >= 15 is 0 Å². The van der Waals surface area contributed by atoms with Crippen molar-refractivity contribution in [1.29, 1.82) is 0 Å². The average Bonchev–Trinajstić information content (AvgIpc) is 2.94. The van der Waals surface area contributed by atoms with Gasteiger partial charge in [-0.3, -0.25) is 9.80 Å². The van der Waals surface area contributed by atoms with Crippen LogP contribution in [-0.2, 0) is 6.54 Å². The number of aliphatic hydroxyl groups excluding tert-OH is 1. The molecule has 1 saturated carbocycles. The highest BCUT2D eigenvalue weighted by Crippen LogP contribution is 2.27. The van der Waals surface area contributed by atoms with Crippen LogP contribution in [0.25, 0.3) is 0 Å². The van der Waals surface area contributed by atoms with E-state index < -0.39 is 0 Å². The molecule has 4 nitrogen and oxygen atoms in total. The lowest BCUT2D eigenvalue weighted by molar-refractivity contribution is 0.0272. The predicted molar refractivity (Wildman–Crippen MR) is 107 cm³/mol. The number of benzene rings is 1. The molecule has 1 saturated heterocycles. The maximum Gasteiger partial charge on any atom is 0.123 e. The summed E-state index contributed by atoms with van der Waals surface area (Å²) in [6.45, 7) is 7.27. The van der Waals surface area contributed by atoms with Gasteiger partial charge in [0.2, 0.25) is 0 Å². The molecule has 1 heterocycles. The van der Waals surface area contributed by atoms with Crippen LogP contribution in [0.2, 0.25) is 0 Å². The van der Waals surface area contributed by atoms with Crippen molar-refractivity contribution in [3.8, 4) is 5.75 Å². The monoisotopic (exact) mass is 360 g/mol. The second-order valence-electron chi connectivity index (χ2n) is 7.82. The second kappa shape index (κ2) is 10.3. The first kappa shape index (κ1) is 19.7. The highest BCUT2D eigenvalue weighted by atomic mass is 16.5. The molecule has 2 fully saturated rings. The Labute approximate surface area is 159 Å². The van der Waals surface area contributed by atoms with Gasteiger partial charge >= 0.3 is 0 Å².